The van der Waals surface area contributed by atoms with Crippen LogP contribution in [0.3, 0.4) is 0 Å². The van der Waals surface area contributed by atoms with E-state index in [1.165, 1.54) is 193 Å². The van der Waals surface area contributed by atoms with E-state index >= 15 is 0 Å². The minimum absolute atomic E-state index is 0. The van der Waals surface area contributed by atoms with Crippen LogP contribution < -0.4 is 0 Å². The van der Waals surface area contributed by atoms with Crippen molar-refractivity contribution in [3.05, 3.63) is 0 Å². The summed E-state index contributed by atoms with van der Waals surface area (Å²) < 4.78 is 5.96. The van der Waals surface area contributed by atoms with Crippen molar-refractivity contribution in [2.45, 2.75) is 357 Å². The molecule has 3 unspecified atom stereocenters. The van der Waals surface area contributed by atoms with E-state index in [4.69, 9.17) is 4.74 Å². The third kappa shape index (κ3) is 60.7. The van der Waals surface area contributed by atoms with Gasteiger partial charge in [-0.3, -0.25) is 4.79 Å². The molecule has 0 aliphatic carbocycles. The van der Waals surface area contributed by atoms with Crippen LogP contribution in [0.4, 0.5) is 0 Å². The van der Waals surface area contributed by atoms with Crippen LogP contribution in [0.25, 0.3) is 0 Å². The molecule has 0 spiro atoms. The molecule has 0 saturated heterocycles. The van der Waals surface area contributed by atoms with Crippen LogP contribution in [0.5, 0.6) is 0 Å². The van der Waals surface area contributed by atoms with Gasteiger partial charge in [0.15, 0.2) is 0 Å². The van der Waals surface area contributed by atoms with Crippen molar-refractivity contribution < 1.29 is 29.3 Å². The van der Waals surface area contributed by atoms with E-state index in [2.05, 4.69) is 20.8 Å². The second kappa shape index (κ2) is 57.9. The Morgan fingerprint density at radius 1 is 0.328 bits per heavy atom. The Morgan fingerprint density at radius 2 is 0.547 bits per heavy atom. The number of aliphatic hydroxyl groups is 2. The van der Waals surface area contributed by atoms with Gasteiger partial charge in [-0.15, -0.1) is 0 Å². The Bertz CT molecular complexity index is 920. The van der Waals surface area contributed by atoms with E-state index in [1.54, 1.807) is 13.8 Å². The molecule has 0 aromatic rings. The fourth-order valence-corrected chi connectivity index (χ4v) is 8.54. The smallest absolute Gasteiger partial charge is 0.306 e. The molecule has 0 bridgehead atoms. The monoisotopic (exact) mass is 911 g/mol. The lowest BCUT2D eigenvalue weighted by Crippen LogP contribution is -2.18. The number of unbranched alkanes of at least 4 members (excludes halogenated alkanes) is 30. The van der Waals surface area contributed by atoms with Crippen LogP contribution in [-0.4, -0.2) is 46.1 Å². The maximum Gasteiger partial charge on any atom is 0.306 e. The first kappa shape index (κ1) is 69.3. The van der Waals surface area contributed by atoms with Crippen molar-refractivity contribution in [1.82, 2.24) is 0 Å². The molecule has 0 aromatic heterocycles. The highest BCUT2D eigenvalue weighted by Gasteiger charge is 2.14. The standard InChI is InChI=1S/C37H72O4.C19H38O2.2CH4/c1-4-6-8-23-29-35(39)30-24-19-15-11-13-17-21-27-33-37(40)41-36(31-25-9-7-5-2)32-26-20-16-12-10-14-18-22-28-34(3)38;1-3-4-5-13-16-19(21)17-14-11-9-7-6-8-10-12-15-18(2)20;;/h35-36,39H,4-33H2,1-3H3;19,21H,3-17H2,1-2H3;2*1H4. The number of aliphatic hydroxyl groups excluding tert-OH is 2. The summed E-state index contributed by atoms with van der Waals surface area (Å²) in [5.41, 5.74) is 0. The number of carbonyl (C=O) groups is 3. The first-order valence-electron chi connectivity index (χ1n) is 27.7. The van der Waals surface area contributed by atoms with E-state index in [9.17, 15) is 24.6 Å². The lowest BCUT2D eigenvalue weighted by Gasteiger charge is -2.18. The zero-order chi connectivity index (χ0) is 46.0. The van der Waals surface area contributed by atoms with E-state index in [-0.39, 0.29) is 39.1 Å². The van der Waals surface area contributed by atoms with Gasteiger partial charge in [0.1, 0.15) is 17.7 Å². The fraction of sp³-hybridized carbons (Fsp3) is 0.948. The SMILES string of the molecule is C.C.CCCCCCC(O)CCCCCCCCCCC(=O)OC(CCCCCC)CCCCCCCCCCC(C)=O.CCCCCCC(O)CCCCCCCCCCC(C)=O. The highest BCUT2D eigenvalue weighted by atomic mass is 16.5. The van der Waals surface area contributed by atoms with E-state index in [0.29, 0.717) is 18.0 Å². The normalized spacial score (nSPS) is 12.4. The molecule has 6 nitrogen and oxygen atoms in total. The zero-order valence-electron chi connectivity index (χ0n) is 42.6. The van der Waals surface area contributed by atoms with Gasteiger partial charge < -0.3 is 24.5 Å². The highest BCUT2D eigenvalue weighted by Crippen LogP contribution is 2.20. The van der Waals surface area contributed by atoms with Crippen molar-refractivity contribution in [3.63, 3.8) is 0 Å². The van der Waals surface area contributed by atoms with Gasteiger partial charge in [-0.2, -0.15) is 0 Å². The summed E-state index contributed by atoms with van der Waals surface area (Å²) in [7, 11) is 0. The van der Waals surface area contributed by atoms with Crippen LogP contribution in [0.1, 0.15) is 338 Å². The van der Waals surface area contributed by atoms with E-state index < -0.39 is 0 Å². The molecule has 0 aromatic carbocycles. The fourth-order valence-electron chi connectivity index (χ4n) is 8.54. The number of ketones is 2. The van der Waals surface area contributed by atoms with Crippen molar-refractivity contribution in [3.8, 4) is 0 Å². The summed E-state index contributed by atoms with van der Waals surface area (Å²) >= 11 is 0. The molecule has 6 heteroatoms. The minimum atomic E-state index is -0.0897. The van der Waals surface area contributed by atoms with Crippen LogP contribution >= 0.6 is 0 Å². The van der Waals surface area contributed by atoms with Gasteiger partial charge in [-0.25, -0.2) is 0 Å². The van der Waals surface area contributed by atoms with Gasteiger partial charge in [0.25, 0.3) is 0 Å². The summed E-state index contributed by atoms with van der Waals surface area (Å²) in [6.45, 7) is 10.1. The van der Waals surface area contributed by atoms with Crippen molar-refractivity contribution in [2.24, 2.45) is 0 Å². The molecular weight excluding hydrogens is 793 g/mol. The first-order chi connectivity index (χ1) is 30.2. The number of ether oxygens (including phenoxy) is 1. The molecule has 386 valence electrons. The number of esters is 1. The van der Waals surface area contributed by atoms with Gasteiger partial charge in [0, 0.05) is 19.3 Å². The topological polar surface area (TPSA) is 101 Å². The molecule has 0 radical (unpaired) electrons. The lowest BCUT2D eigenvalue weighted by atomic mass is 10.0. The molecule has 0 heterocycles. The Balaban J connectivity index is -0.000000661. The average Bonchev–Trinajstić information content (AvgIpc) is 3.24. The Morgan fingerprint density at radius 3 is 0.812 bits per heavy atom. The van der Waals surface area contributed by atoms with Crippen molar-refractivity contribution in [2.75, 3.05) is 0 Å². The summed E-state index contributed by atoms with van der Waals surface area (Å²) in [6, 6.07) is 0. The predicted molar refractivity (Wildman–Crippen MR) is 282 cm³/mol. The third-order valence-corrected chi connectivity index (χ3v) is 12.7. The third-order valence-electron chi connectivity index (χ3n) is 12.7. The highest BCUT2D eigenvalue weighted by molar-refractivity contribution is 5.75. The van der Waals surface area contributed by atoms with Gasteiger partial charge in [-0.05, 0) is 84.5 Å². The quantitative estimate of drug-likeness (QED) is 0.0466. The van der Waals surface area contributed by atoms with Gasteiger partial charge >= 0.3 is 5.97 Å². The van der Waals surface area contributed by atoms with Crippen molar-refractivity contribution in [1.29, 1.82) is 0 Å². The summed E-state index contributed by atoms with van der Waals surface area (Å²) in [6.07, 6.45) is 52.1. The van der Waals surface area contributed by atoms with Crippen molar-refractivity contribution >= 4 is 17.5 Å². The number of rotatable bonds is 49. The maximum absolute atomic E-state index is 12.5. The van der Waals surface area contributed by atoms with Crippen LogP contribution in [0.2, 0.25) is 0 Å². The largest absolute Gasteiger partial charge is 0.462 e. The van der Waals surface area contributed by atoms with Crippen LogP contribution in [0.15, 0.2) is 0 Å². The molecule has 0 rings (SSSR count). The number of hydrogen-bond acceptors (Lipinski definition) is 6. The summed E-state index contributed by atoms with van der Waals surface area (Å²) in [5, 5.41) is 19.9. The predicted octanol–water partition coefficient (Wildman–Crippen LogP) is 18.7. The molecular formula is C58H118O6. The number of Topliss-reactive ketones (excluding diaryl/α,β-unsaturated/α-hetero) is 2. The molecule has 0 aliphatic heterocycles. The first-order valence-corrected chi connectivity index (χ1v) is 27.7. The lowest BCUT2D eigenvalue weighted by molar-refractivity contribution is -0.150. The van der Waals surface area contributed by atoms with E-state index in [0.717, 1.165) is 89.9 Å². The Labute approximate surface area is 402 Å². The van der Waals surface area contributed by atoms with Gasteiger partial charge in [0.2, 0.25) is 0 Å². The van der Waals surface area contributed by atoms with Gasteiger partial charge in [0.05, 0.1) is 12.2 Å². The maximum atomic E-state index is 12.5. The second-order valence-corrected chi connectivity index (χ2v) is 19.5. The molecule has 3 atom stereocenters. The summed E-state index contributed by atoms with van der Waals surface area (Å²) in [5.74, 6) is 0.653. The molecule has 2 N–H and O–H groups in total. The second-order valence-electron chi connectivity index (χ2n) is 19.5. The van der Waals surface area contributed by atoms with Crippen LogP contribution in [0, 0.1) is 0 Å². The molecule has 0 saturated carbocycles. The molecule has 0 fully saturated rings. The number of carbonyl (C=O) groups excluding carboxylic acids is 3. The minimum Gasteiger partial charge on any atom is -0.462 e. The average molecular weight is 912 g/mol. The molecule has 0 amide bonds. The molecule has 64 heavy (non-hydrogen) atoms. The Kier molecular flexibility index (Phi) is 62.6. The Hall–Kier alpha value is -1.27. The summed E-state index contributed by atoms with van der Waals surface area (Å²) in [4.78, 5) is 34.3. The van der Waals surface area contributed by atoms with Crippen LogP contribution in [-0.2, 0) is 19.1 Å². The van der Waals surface area contributed by atoms with E-state index in [1.807, 2.05) is 0 Å². The molecule has 0 aliphatic rings. The zero-order valence-corrected chi connectivity index (χ0v) is 42.6. The van der Waals surface area contributed by atoms with Gasteiger partial charge in [-0.1, -0.05) is 235 Å². The number of hydrogen-bond donors (Lipinski definition) is 2.